The Morgan fingerprint density at radius 1 is 1.06 bits per heavy atom. The molecular formula is C23H28N6O3. The van der Waals surface area contributed by atoms with Crippen molar-refractivity contribution in [1.82, 2.24) is 24.6 Å². The SMILES string of the molecule is COc1nn(C)cc1C(=O)N1CCN(c2ccc3ncnc(OC4CCCC4)c3c2)CC1. The molecule has 1 aromatic carbocycles. The average molecular weight is 437 g/mol. The quantitative estimate of drug-likeness (QED) is 0.608. The Morgan fingerprint density at radius 2 is 1.84 bits per heavy atom. The highest BCUT2D eigenvalue weighted by Gasteiger charge is 2.26. The molecule has 0 atom stereocenters. The van der Waals surface area contributed by atoms with Gasteiger partial charge in [-0.15, -0.1) is 5.10 Å². The summed E-state index contributed by atoms with van der Waals surface area (Å²) in [5.74, 6) is 0.985. The van der Waals surface area contributed by atoms with E-state index < -0.39 is 0 Å². The molecule has 0 spiro atoms. The number of carbonyl (C=O) groups excluding carboxylic acids is 1. The summed E-state index contributed by atoms with van der Waals surface area (Å²) >= 11 is 0. The Bertz CT molecular complexity index is 1120. The lowest BCUT2D eigenvalue weighted by atomic mass is 10.1. The smallest absolute Gasteiger partial charge is 0.261 e. The van der Waals surface area contributed by atoms with Gasteiger partial charge in [0.1, 0.15) is 18.0 Å². The number of aryl methyl sites for hydroxylation is 1. The van der Waals surface area contributed by atoms with Gasteiger partial charge in [0, 0.05) is 45.1 Å². The van der Waals surface area contributed by atoms with Gasteiger partial charge in [0.25, 0.3) is 5.91 Å². The van der Waals surface area contributed by atoms with Crippen LogP contribution in [-0.2, 0) is 7.05 Å². The molecule has 0 unspecified atom stereocenters. The van der Waals surface area contributed by atoms with E-state index in [1.165, 1.54) is 20.0 Å². The first-order valence-electron chi connectivity index (χ1n) is 11.2. The van der Waals surface area contributed by atoms with Gasteiger partial charge in [-0.2, -0.15) is 0 Å². The maximum Gasteiger partial charge on any atom is 0.261 e. The maximum absolute atomic E-state index is 13.0. The third-order valence-corrected chi connectivity index (χ3v) is 6.31. The molecule has 9 nitrogen and oxygen atoms in total. The molecule has 1 aliphatic heterocycles. The summed E-state index contributed by atoms with van der Waals surface area (Å²) in [4.78, 5) is 25.9. The molecule has 3 heterocycles. The third kappa shape index (κ3) is 3.94. The Hall–Kier alpha value is -3.36. The molecule has 2 fully saturated rings. The molecule has 1 saturated heterocycles. The van der Waals surface area contributed by atoms with E-state index >= 15 is 0 Å². The topological polar surface area (TPSA) is 85.6 Å². The average Bonchev–Trinajstić information content (AvgIpc) is 3.48. The number of rotatable bonds is 5. The highest BCUT2D eigenvalue weighted by molar-refractivity contribution is 5.96. The van der Waals surface area contributed by atoms with Crippen LogP contribution in [0.15, 0.2) is 30.7 Å². The minimum absolute atomic E-state index is 0.0474. The fraction of sp³-hybridized carbons (Fsp3) is 0.478. The van der Waals surface area contributed by atoms with Gasteiger partial charge in [-0.05, 0) is 43.9 Å². The number of amides is 1. The molecule has 1 aliphatic carbocycles. The number of fused-ring (bicyclic) bond motifs is 1. The van der Waals surface area contributed by atoms with Crippen LogP contribution in [0.2, 0.25) is 0 Å². The van der Waals surface area contributed by atoms with Gasteiger partial charge in [-0.1, -0.05) is 0 Å². The van der Waals surface area contributed by atoms with Crippen LogP contribution < -0.4 is 14.4 Å². The van der Waals surface area contributed by atoms with E-state index in [1.54, 1.807) is 24.3 Å². The zero-order chi connectivity index (χ0) is 22.1. The van der Waals surface area contributed by atoms with E-state index in [0.29, 0.717) is 30.4 Å². The number of benzene rings is 1. The first-order valence-corrected chi connectivity index (χ1v) is 11.2. The molecule has 0 N–H and O–H groups in total. The summed E-state index contributed by atoms with van der Waals surface area (Å²) in [5.41, 5.74) is 2.48. The molecule has 2 aromatic heterocycles. The van der Waals surface area contributed by atoms with Crippen LogP contribution in [0, 0.1) is 0 Å². The van der Waals surface area contributed by atoms with Gasteiger partial charge in [-0.25, -0.2) is 9.97 Å². The first kappa shape index (κ1) is 20.5. The second kappa shape index (κ2) is 8.64. The minimum atomic E-state index is -0.0474. The van der Waals surface area contributed by atoms with Crippen LogP contribution in [0.3, 0.4) is 0 Å². The van der Waals surface area contributed by atoms with Crippen molar-refractivity contribution >= 4 is 22.5 Å². The van der Waals surface area contributed by atoms with Crippen molar-refractivity contribution in [2.24, 2.45) is 7.05 Å². The van der Waals surface area contributed by atoms with Crippen molar-refractivity contribution in [3.63, 3.8) is 0 Å². The van der Waals surface area contributed by atoms with Crippen molar-refractivity contribution in [3.05, 3.63) is 36.3 Å². The molecular weight excluding hydrogens is 408 g/mol. The number of aromatic nitrogens is 4. The number of carbonyl (C=O) groups is 1. The van der Waals surface area contributed by atoms with Crippen molar-refractivity contribution in [1.29, 1.82) is 0 Å². The zero-order valence-corrected chi connectivity index (χ0v) is 18.5. The summed E-state index contributed by atoms with van der Waals surface area (Å²) in [5, 5.41) is 5.13. The van der Waals surface area contributed by atoms with E-state index in [0.717, 1.165) is 42.5 Å². The third-order valence-electron chi connectivity index (χ3n) is 6.31. The van der Waals surface area contributed by atoms with E-state index in [2.05, 4.69) is 32.1 Å². The van der Waals surface area contributed by atoms with Crippen LogP contribution in [0.5, 0.6) is 11.8 Å². The van der Waals surface area contributed by atoms with Crippen molar-refractivity contribution < 1.29 is 14.3 Å². The largest absolute Gasteiger partial charge is 0.479 e. The zero-order valence-electron chi connectivity index (χ0n) is 18.5. The molecule has 2 aliphatic rings. The number of piperazine rings is 1. The van der Waals surface area contributed by atoms with Gasteiger partial charge >= 0.3 is 0 Å². The highest BCUT2D eigenvalue weighted by Crippen LogP contribution is 2.30. The number of anilines is 1. The monoisotopic (exact) mass is 436 g/mol. The molecule has 1 amide bonds. The lowest BCUT2D eigenvalue weighted by Crippen LogP contribution is -2.48. The molecule has 1 saturated carbocycles. The summed E-state index contributed by atoms with van der Waals surface area (Å²) in [6.45, 7) is 2.75. The summed E-state index contributed by atoms with van der Waals surface area (Å²) < 4.78 is 13.1. The Labute approximate surface area is 186 Å². The lowest BCUT2D eigenvalue weighted by Gasteiger charge is -2.36. The van der Waals surface area contributed by atoms with Gasteiger partial charge in [0.2, 0.25) is 11.8 Å². The van der Waals surface area contributed by atoms with E-state index in [1.807, 2.05) is 11.0 Å². The predicted molar refractivity (Wildman–Crippen MR) is 120 cm³/mol. The Balaban J connectivity index is 1.30. The molecule has 9 heteroatoms. The van der Waals surface area contributed by atoms with Gasteiger partial charge < -0.3 is 19.3 Å². The number of ether oxygens (including phenoxy) is 2. The molecule has 3 aromatic rings. The number of hydrogen-bond donors (Lipinski definition) is 0. The van der Waals surface area contributed by atoms with Crippen LogP contribution >= 0.6 is 0 Å². The van der Waals surface area contributed by atoms with E-state index in [-0.39, 0.29) is 12.0 Å². The summed E-state index contributed by atoms with van der Waals surface area (Å²) in [7, 11) is 3.32. The highest BCUT2D eigenvalue weighted by atomic mass is 16.5. The fourth-order valence-corrected chi connectivity index (χ4v) is 4.58. The van der Waals surface area contributed by atoms with Gasteiger partial charge in [0.15, 0.2) is 0 Å². The Kier molecular flexibility index (Phi) is 5.55. The van der Waals surface area contributed by atoms with Crippen LogP contribution in [0.1, 0.15) is 36.0 Å². The molecule has 32 heavy (non-hydrogen) atoms. The first-order chi connectivity index (χ1) is 15.6. The molecule has 168 valence electrons. The van der Waals surface area contributed by atoms with Crippen LogP contribution in [0.4, 0.5) is 5.69 Å². The second-order valence-corrected chi connectivity index (χ2v) is 8.41. The predicted octanol–water partition coefficient (Wildman–Crippen LogP) is 2.66. The van der Waals surface area contributed by atoms with Gasteiger partial charge in [-0.3, -0.25) is 9.48 Å². The van der Waals surface area contributed by atoms with Crippen LogP contribution in [-0.4, -0.2) is 69.9 Å². The van der Waals surface area contributed by atoms with Crippen molar-refractivity contribution in [2.75, 3.05) is 38.2 Å². The van der Waals surface area contributed by atoms with E-state index in [9.17, 15) is 4.79 Å². The molecule has 0 bridgehead atoms. The lowest BCUT2D eigenvalue weighted by molar-refractivity contribution is 0.0743. The van der Waals surface area contributed by atoms with Crippen LogP contribution in [0.25, 0.3) is 10.9 Å². The normalized spacial score (nSPS) is 17.2. The van der Waals surface area contributed by atoms with E-state index in [4.69, 9.17) is 9.47 Å². The Morgan fingerprint density at radius 3 is 2.59 bits per heavy atom. The summed E-state index contributed by atoms with van der Waals surface area (Å²) in [6.07, 6.45) is 8.13. The number of nitrogens with zero attached hydrogens (tertiary/aromatic N) is 6. The van der Waals surface area contributed by atoms with Crippen molar-refractivity contribution in [3.8, 4) is 11.8 Å². The van der Waals surface area contributed by atoms with Gasteiger partial charge in [0.05, 0.1) is 18.0 Å². The maximum atomic E-state index is 13.0. The van der Waals surface area contributed by atoms with Crippen molar-refractivity contribution in [2.45, 2.75) is 31.8 Å². The summed E-state index contributed by atoms with van der Waals surface area (Å²) in [6, 6.07) is 6.21. The molecule has 0 radical (unpaired) electrons. The number of methoxy groups -OCH3 is 1. The number of hydrogen-bond acceptors (Lipinski definition) is 7. The molecule has 5 rings (SSSR count). The second-order valence-electron chi connectivity index (χ2n) is 8.41. The standard InChI is InChI=1S/C23H28N6O3/c1-27-14-19(22(26-27)31-2)23(30)29-11-9-28(10-12-29)16-7-8-20-18(13-16)21(25-15-24-20)32-17-5-3-4-6-17/h7-8,13-15,17H,3-6,9-12H2,1-2H3. The minimum Gasteiger partial charge on any atom is -0.479 e. The fourth-order valence-electron chi connectivity index (χ4n) is 4.58.